The summed E-state index contributed by atoms with van der Waals surface area (Å²) in [5.74, 6) is -0.414. The van der Waals surface area contributed by atoms with E-state index in [-0.39, 0.29) is 11.8 Å². The summed E-state index contributed by atoms with van der Waals surface area (Å²) >= 11 is 0. The number of carbonyl (C=O) groups excluding carboxylic acids is 2. The molecule has 0 aliphatic carbocycles. The van der Waals surface area contributed by atoms with E-state index < -0.39 is 22.2 Å². The summed E-state index contributed by atoms with van der Waals surface area (Å²) in [6, 6.07) is 6.43. The molecule has 2 rings (SSSR count). The third kappa shape index (κ3) is 6.26. The first-order chi connectivity index (χ1) is 11.0. The van der Waals surface area contributed by atoms with Crippen molar-refractivity contribution < 1.29 is 22.6 Å². The van der Waals surface area contributed by atoms with Crippen molar-refractivity contribution in [3.63, 3.8) is 0 Å². The molecular weight excluding hydrogens is 334 g/mol. The molecule has 134 valence electrons. The van der Waals surface area contributed by atoms with Gasteiger partial charge in [0.25, 0.3) is 10.1 Å². The predicted molar refractivity (Wildman–Crippen MR) is 89.8 cm³/mol. The van der Waals surface area contributed by atoms with E-state index in [1.54, 1.807) is 18.9 Å². The van der Waals surface area contributed by atoms with Crippen LogP contribution >= 0.6 is 0 Å². The third-order valence-corrected chi connectivity index (χ3v) is 3.41. The van der Waals surface area contributed by atoms with Crippen LogP contribution in [-0.2, 0) is 26.1 Å². The molecular formula is C15H23N3O5S. The summed E-state index contributed by atoms with van der Waals surface area (Å²) in [5, 5.41) is 2.74. The Morgan fingerprint density at radius 3 is 2.50 bits per heavy atom. The zero-order valence-corrected chi connectivity index (χ0v) is 14.7. The van der Waals surface area contributed by atoms with E-state index in [0.717, 1.165) is 17.5 Å². The fourth-order valence-corrected chi connectivity index (χ4v) is 2.21. The van der Waals surface area contributed by atoms with E-state index in [0.29, 0.717) is 12.8 Å². The molecule has 1 aliphatic rings. The van der Waals surface area contributed by atoms with Crippen molar-refractivity contribution in [1.82, 2.24) is 10.2 Å². The maximum Gasteiger partial charge on any atom is 0.261 e. The second-order valence-electron chi connectivity index (χ2n) is 5.67. The molecule has 4 N–H and O–H groups in total. The van der Waals surface area contributed by atoms with Gasteiger partial charge in [-0.25, -0.2) is 0 Å². The number of carbonyl (C=O) groups is 2. The molecule has 0 saturated heterocycles. The molecule has 1 aliphatic heterocycles. The Balaban J connectivity index is 0.000000505. The SMILES string of the molecule is CC(N)C(=O)NC1C(=O)N(C)CCc2ccccc21.CS(=O)(=O)O. The van der Waals surface area contributed by atoms with Crippen LogP contribution in [0.4, 0.5) is 0 Å². The first kappa shape index (κ1) is 20.1. The number of benzene rings is 1. The Labute approximate surface area is 141 Å². The number of likely N-dealkylation sites (N-methyl/N-ethyl adjacent to an activating group) is 1. The lowest BCUT2D eigenvalue weighted by Gasteiger charge is -2.22. The Morgan fingerprint density at radius 1 is 1.42 bits per heavy atom. The Bertz CT molecular complexity index is 695. The van der Waals surface area contributed by atoms with Gasteiger partial charge in [0.2, 0.25) is 11.8 Å². The van der Waals surface area contributed by atoms with Gasteiger partial charge in [-0.15, -0.1) is 0 Å². The summed E-state index contributed by atoms with van der Waals surface area (Å²) in [6.07, 6.45) is 1.51. The van der Waals surface area contributed by atoms with Crippen molar-refractivity contribution in [2.24, 2.45) is 5.73 Å². The maximum atomic E-state index is 12.3. The molecule has 0 saturated carbocycles. The molecule has 2 atom stereocenters. The largest absolute Gasteiger partial charge is 0.343 e. The van der Waals surface area contributed by atoms with Gasteiger partial charge < -0.3 is 16.0 Å². The fourth-order valence-electron chi connectivity index (χ4n) is 2.21. The molecule has 0 aromatic heterocycles. The van der Waals surface area contributed by atoms with Gasteiger partial charge in [0, 0.05) is 13.6 Å². The number of rotatable bonds is 2. The summed E-state index contributed by atoms with van der Waals surface area (Å²) < 4.78 is 25.9. The number of amides is 2. The van der Waals surface area contributed by atoms with Crippen LogP contribution in [0.3, 0.4) is 0 Å². The van der Waals surface area contributed by atoms with Gasteiger partial charge >= 0.3 is 0 Å². The second kappa shape index (κ2) is 8.22. The van der Waals surface area contributed by atoms with Crippen LogP contribution in [0.2, 0.25) is 0 Å². The predicted octanol–water partition coefficient (Wildman–Crippen LogP) is -0.290. The van der Waals surface area contributed by atoms with Crippen molar-refractivity contribution in [2.45, 2.75) is 25.4 Å². The molecule has 1 aromatic rings. The minimum atomic E-state index is -3.67. The van der Waals surface area contributed by atoms with Crippen LogP contribution in [0.5, 0.6) is 0 Å². The molecule has 2 amide bonds. The van der Waals surface area contributed by atoms with Crippen LogP contribution in [0.15, 0.2) is 24.3 Å². The van der Waals surface area contributed by atoms with Crippen LogP contribution in [0.25, 0.3) is 0 Å². The van der Waals surface area contributed by atoms with E-state index in [1.165, 1.54) is 0 Å². The highest BCUT2D eigenvalue weighted by molar-refractivity contribution is 7.85. The number of fused-ring (bicyclic) bond motifs is 1. The molecule has 24 heavy (non-hydrogen) atoms. The Morgan fingerprint density at radius 2 is 1.96 bits per heavy atom. The Hall–Kier alpha value is -1.97. The van der Waals surface area contributed by atoms with Gasteiger partial charge in [-0.1, -0.05) is 24.3 Å². The molecule has 0 spiro atoms. The average Bonchev–Trinajstić information content (AvgIpc) is 2.58. The topological polar surface area (TPSA) is 130 Å². The summed E-state index contributed by atoms with van der Waals surface area (Å²) in [6.45, 7) is 2.26. The van der Waals surface area contributed by atoms with Crippen LogP contribution in [0, 0.1) is 0 Å². The highest BCUT2D eigenvalue weighted by Gasteiger charge is 2.30. The molecule has 1 heterocycles. The van der Waals surface area contributed by atoms with Gasteiger partial charge in [-0.3, -0.25) is 14.1 Å². The lowest BCUT2D eigenvalue weighted by molar-refractivity contribution is -0.135. The van der Waals surface area contributed by atoms with Gasteiger partial charge in [0.15, 0.2) is 0 Å². The van der Waals surface area contributed by atoms with Crippen LogP contribution < -0.4 is 11.1 Å². The second-order valence-corrected chi connectivity index (χ2v) is 7.14. The zero-order chi connectivity index (χ0) is 18.5. The van der Waals surface area contributed by atoms with Gasteiger partial charge in [-0.2, -0.15) is 8.42 Å². The summed E-state index contributed by atoms with van der Waals surface area (Å²) in [7, 11) is -1.92. The van der Waals surface area contributed by atoms with E-state index in [1.807, 2.05) is 24.3 Å². The smallest absolute Gasteiger partial charge is 0.261 e. The van der Waals surface area contributed by atoms with Crippen molar-refractivity contribution in [1.29, 1.82) is 0 Å². The first-order valence-electron chi connectivity index (χ1n) is 7.32. The van der Waals surface area contributed by atoms with Crippen LogP contribution in [0.1, 0.15) is 24.1 Å². The number of hydrogen-bond donors (Lipinski definition) is 3. The fraction of sp³-hybridized carbons (Fsp3) is 0.467. The normalized spacial score (nSPS) is 18.6. The van der Waals surface area contributed by atoms with E-state index in [4.69, 9.17) is 10.3 Å². The van der Waals surface area contributed by atoms with E-state index >= 15 is 0 Å². The summed E-state index contributed by atoms with van der Waals surface area (Å²) in [5.41, 5.74) is 7.51. The highest BCUT2D eigenvalue weighted by atomic mass is 32.2. The van der Waals surface area contributed by atoms with E-state index in [9.17, 15) is 18.0 Å². The molecule has 8 nitrogen and oxygen atoms in total. The zero-order valence-electron chi connectivity index (χ0n) is 13.9. The van der Waals surface area contributed by atoms with Crippen molar-refractivity contribution in [3.8, 4) is 0 Å². The molecule has 0 fully saturated rings. The molecule has 0 radical (unpaired) electrons. The lowest BCUT2D eigenvalue weighted by Crippen LogP contribution is -2.45. The van der Waals surface area contributed by atoms with Crippen molar-refractivity contribution >= 4 is 21.9 Å². The third-order valence-electron chi connectivity index (χ3n) is 3.41. The maximum absolute atomic E-state index is 12.3. The minimum Gasteiger partial charge on any atom is -0.343 e. The monoisotopic (exact) mass is 357 g/mol. The van der Waals surface area contributed by atoms with Crippen molar-refractivity contribution in [3.05, 3.63) is 35.4 Å². The average molecular weight is 357 g/mol. The lowest BCUT2D eigenvalue weighted by atomic mass is 9.99. The van der Waals surface area contributed by atoms with Gasteiger partial charge in [0.05, 0.1) is 12.3 Å². The molecule has 2 unspecified atom stereocenters. The first-order valence-corrected chi connectivity index (χ1v) is 9.16. The molecule has 0 bridgehead atoms. The minimum absolute atomic E-state index is 0.0982. The highest BCUT2D eigenvalue weighted by Crippen LogP contribution is 2.24. The molecule has 9 heteroatoms. The quantitative estimate of drug-likeness (QED) is 0.624. The summed E-state index contributed by atoms with van der Waals surface area (Å²) in [4.78, 5) is 25.8. The number of nitrogens with zero attached hydrogens (tertiary/aromatic N) is 1. The van der Waals surface area contributed by atoms with Gasteiger partial charge in [-0.05, 0) is 24.5 Å². The number of nitrogens with two attached hydrogens (primary N) is 1. The van der Waals surface area contributed by atoms with Crippen molar-refractivity contribution in [2.75, 3.05) is 19.8 Å². The van der Waals surface area contributed by atoms with E-state index in [2.05, 4.69) is 5.32 Å². The number of nitrogens with one attached hydrogen (secondary N) is 1. The standard InChI is InChI=1S/C14H19N3O2.CH4O3S/c1-9(15)13(18)16-12-11-6-4-3-5-10(11)7-8-17(2)14(12)19;1-5(2,3)4/h3-6,9,12H,7-8,15H2,1-2H3,(H,16,18);1H3,(H,2,3,4). The van der Waals surface area contributed by atoms with Gasteiger partial charge in [0.1, 0.15) is 6.04 Å². The Kier molecular flexibility index (Phi) is 6.88. The van der Waals surface area contributed by atoms with Crippen LogP contribution in [-0.4, -0.2) is 55.6 Å². The molecule has 1 aromatic carbocycles. The number of hydrogen-bond acceptors (Lipinski definition) is 5.